The Morgan fingerprint density at radius 3 is 2.91 bits per heavy atom. The van der Waals surface area contributed by atoms with Crippen LogP contribution in [0.4, 0.5) is 17.3 Å². The van der Waals surface area contributed by atoms with Crippen LogP contribution in [-0.2, 0) is 0 Å². The van der Waals surface area contributed by atoms with Crippen LogP contribution in [0.2, 0.25) is 5.02 Å². The summed E-state index contributed by atoms with van der Waals surface area (Å²) in [4.78, 5) is 19.7. The van der Waals surface area contributed by atoms with Gasteiger partial charge in [0, 0.05) is 35.8 Å². The molecule has 11 heteroatoms. The number of nitro benzene ring substituents is 1. The van der Waals surface area contributed by atoms with Gasteiger partial charge in [-0.1, -0.05) is 11.6 Å². The van der Waals surface area contributed by atoms with Crippen molar-refractivity contribution >= 4 is 39.8 Å². The van der Waals surface area contributed by atoms with E-state index in [2.05, 4.69) is 30.8 Å². The minimum absolute atomic E-state index is 0.0416. The van der Waals surface area contributed by atoms with Crippen molar-refractivity contribution in [2.24, 2.45) is 0 Å². The minimum atomic E-state index is -0.402. The molecule has 3 N–H and O–H groups in total. The quantitative estimate of drug-likeness (QED) is 0.305. The Kier molecular flexibility index (Phi) is 5.24. The molecule has 5 rings (SSSR count). The van der Waals surface area contributed by atoms with Crippen molar-refractivity contribution in [1.82, 2.24) is 30.0 Å². The number of piperidine rings is 1. The van der Waals surface area contributed by atoms with E-state index in [1.165, 1.54) is 6.07 Å². The fraction of sp³-hybridized carbons (Fsp3) is 0.286. The first-order valence-corrected chi connectivity index (χ1v) is 10.7. The standard InChI is InChI=1S/C21H21ClN8O2/c1-12-11-29(18-3-2-14(30(31)32)8-15(12)18)20-16(22)9-24-21(27-20)26-17-10-25-28-19(17)13-4-6-23-7-5-13/h2-3,8-11,13,23H,4-7H2,1H3,(H,25,28)(H,24,26,27). The summed E-state index contributed by atoms with van der Waals surface area (Å²) in [5.74, 6) is 1.24. The van der Waals surface area contributed by atoms with E-state index in [-0.39, 0.29) is 5.69 Å². The number of halogens is 1. The van der Waals surface area contributed by atoms with E-state index >= 15 is 0 Å². The first-order chi connectivity index (χ1) is 15.5. The second-order valence-electron chi connectivity index (χ2n) is 7.84. The number of non-ortho nitro benzene ring substituents is 1. The van der Waals surface area contributed by atoms with Gasteiger partial charge in [-0.05, 0) is 44.5 Å². The van der Waals surface area contributed by atoms with Crippen LogP contribution in [0.3, 0.4) is 0 Å². The molecule has 1 saturated heterocycles. The Labute approximate surface area is 188 Å². The smallest absolute Gasteiger partial charge is 0.270 e. The molecule has 164 valence electrons. The van der Waals surface area contributed by atoms with Crippen molar-refractivity contribution in [3.63, 3.8) is 0 Å². The highest BCUT2D eigenvalue weighted by Gasteiger charge is 2.22. The van der Waals surface area contributed by atoms with Crippen molar-refractivity contribution in [3.8, 4) is 5.82 Å². The number of anilines is 2. The Hall–Kier alpha value is -3.50. The van der Waals surface area contributed by atoms with Gasteiger partial charge in [-0.15, -0.1) is 0 Å². The lowest BCUT2D eigenvalue weighted by Crippen LogP contribution is -2.27. The highest BCUT2D eigenvalue weighted by Crippen LogP contribution is 2.32. The average molecular weight is 453 g/mol. The van der Waals surface area contributed by atoms with Crippen LogP contribution < -0.4 is 10.6 Å². The molecule has 1 fully saturated rings. The number of fused-ring (bicyclic) bond motifs is 1. The summed E-state index contributed by atoms with van der Waals surface area (Å²) >= 11 is 6.45. The number of benzene rings is 1. The van der Waals surface area contributed by atoms with Crippen molar-refractivity contribution < 1.29 is 4.92 Å². The summed E-state index contributed by atoms with van der Waals surface area (Å²) in [6.45, 7) is 3.83. The molecular weight excluding hydrogens is 432 g/mol. The van der Waals surface area contributed by atoms with Gasteiger partial charge in [0.2, 0.25) is 5.95 Å². The molecule has 1 aliphatic heterocycles. The molecule has 0 saturated carbocycles. The normalized spacial score (nSPS) is 14.7. The maximum Gasteiger partial charge on any atom is 0.270 e. The lowest BCUT2D eigenvalue weighted by atomic mass is 9.94. The molecule has 0 unspecified atom stereocenters. The van der Waals surface area contributed by atoms with Gasteiger partial charge in [-0.25, -0.2) is 4.98 Å². The first kappa shape index (κ1) is 20.4. The first-order valence-electron chi connectivity index (χ1n) is 10.3. The largest absolute Gasteiger partial charge is 0.321 e. The molecule has 10 nitrogen and oxygen atoms in total. The second kappa shape index (κ2) is 8.21. The predicted molar refractivity (Wildman–Crippen MR) is 122 cm³/mol. The topological polar surface area (TPSA) is 127 Å². The monoisotopic (exact) mass is 452 g/mol. The average Bonchev–Trinajstić information content (AvgIpc) is 3.40. The molecule has 1 aromatic carbocycles. The van der Waals surface area contributed by atoms with Crippen LogP contribution in [0.1, 0.15) is 30.0 Å². The maximum atomic E-state index is 11.2. The number of rotatable bonds is 5. The number of nitro groups is 1. The third kappa shape index (κ3) is 3.67. The van der Waals surface area contributed by atoms with Crippen LogP contribution >= 0.6 is 11.6 Å². The third-order valence-electron chi connectivity index (χ3n) is 5.79. The lowest BCUT2D eigenvalue weighted by Gasteiger charge is -2.22. The Morgan fingerprint density at radius 2 is 2.12 bits per heavy atom. The summed E-state index contributed by atoms with van der Waals surface area (Å²) in [5.41, 5.74) is 3.52. The van der Waals surface area contributed by atoms with Crippen LogP contribution in [-0.4, -0.2) is 42.7 Å². The van der Waals surface area contributed by atoms with Gasteiger partial charge in [0.05, 0.1) is 28.0 Å². The molecule has 0 spiro atoms. The van der Waals surface area contributed by atoms with Crippen LogP contribution in [0.5, 0.6) is 0 Å². The molecule has 0 radical (unpaired) electrons. The van der Waals surface area contributed by atoms with Crippen molar-refractivity contribution in [2.45, 2.75) is 25.7 Å². The van der Waals surface area contributed by atoms with Gasteiger partial charge in [-0.2, -0.15) is 10.1 Å². The number of aryl methyl sites for hydroxylation is 1. The molecule has 0 atom stereocenters. The van der Waals surface area contributed by atoms with E-state index in [1.54, 1.807) is 18.3 Å². The van der Waals surface area contributed by atoms with E-state index < -0.39 is 4.92 Å². The van der Waals surface area contributed by atoms with Gasteiger partial charge in [0.1, 0.15) is 5.02 Å². The number of hydrogen-bond donors (Lipinski definition) is 3. The fourth-order valence-corrected chi connectivity index (χ4v) is 4.37. The maximum absolute atomic E-state index is 11.2. The summed E-state index contributed by atoms with van der Waals surface area (Å²) in [7, 11) is 0. The minimum Gasteiger partial charge on any atom is -0.321 e. The van der Waals surface area contributed by atoms with E-state index in [1.807, 2.05) is 23.9 Å². The van der Waals surface area contributed by atoms with E-state index in [0.29, 0.717) is 22.7 Å². The van der Waals surface area contributed by atoms with Crippen molar-refractivity contribution in [3.05, 3.63) is 63.2 Å². The second-order valence-corrected chi connectivity index (χ2v) is 8.25. The number of H-pyrrole nitrogens is 1. The highest BCUT2D eigenvalue weighted by atomic mass is 35.5. The van der Waals surface area contributed by atoms with Crippen LogP contribution in [0, 0.1) is 17.0 Å². The summed E-state index contributed by atoms with van der Waals surface area (Å²) < 4.78 is 1.83. The molecule has 0 aliphatic carbocycles. The number of nitrogens with one attached hydrogen (secondary N) is 3. The zero-order valence-electron chi connectivity index (χ0n) is 17.3. The number of aromatic nitrogens is 5. The third-order valence-corrected chi connectivity index (χ3v) is 6.06. The van der Waals surface area contributed by atoms with E-state index in [0.717, 1.165) is 53.8 Å². The predicted octanol–water partition coefficient (Wildman–Crippen LogP) is 4.22. The molecule has 3 aromatic heterocycles. The highest BCUT2D eigenvalue weighted by molar-refractivity contribution is 6.32. The number of nitrogens with zero attached hydrogens (tertiary/aromatic N) is 5. The van der Waals surface area contributed by atoms with Crippen molar-refractivity contribution in [2.75, 3.05) is 18.4 Å². The summed E-state index contributed by atoms with van der Waals surface area (Å²) in [6, 6.07) is 4.74. The van der Waals surface area contributed by atoms with Gasteiger partial charge >= 0.3 is 0 Å². The van der Waals surface area contributed by atoms with Crippen LogP contribution in [0.25, 0.3) is 16.7 Å². The summed E-state index contributed by atoms with van der Waals surface area (Å²) in [6.07, 6.45) is 7.26. The van der Waals surface area contributed by atoms with Crippen LogP contribution in [0.15, 0.2) is 36.8 Å². The fourth-order valence-electron chi connectivity index (χ4n) is 4.19. The summed E-state index contributed by atoms with van der Waals surface area (Å²) in [5, 5.41) is 26.3. The zero-order valence-corrected chi connectivity index (χ0v) is 18.1. The lowest BCUT2D eigenvalue weighted by molar-refractivity contribution is -0.384. The van der Waals surface area contributed by atoms with Gasteiger partial charge in [-0.3, -0.25) is 19.8 Å². The molecule has 0 amide bonds. The molecule has 32 heavy (non-hydrogen) atoms. The molecule has 4 heterocycles. The van der Waals surface area contributed by atoms with Gasteiger partial charge in [0.25, 0.3) is 5.69 Å². The number of hydrogen-bond acceptors (Lipinski definition) is 7. The Morgan fingerprint density at radius 1 is 1.31 bits per heavy atom. The Bertz CT molecular complexity index is 1310. The Balaban J connectivity index is 1.51. The van der Waals surface area contributed by atoms with Crippen molar-refractivity contribution in [1.29, 1.82) is 0 Å². The van der Waals surface area contributed by atoms with E-state index in [9.17, 15) is 10.1 Å². The molecule has 0 bridgehead atoms. The number of aromatic amines is 1. The zero-order chi connectivity index (χ0) is 22.2. The molecule has 1 aliphatic rings. The van der Waals surface area contributed by atoms with E-state index in [4.69, 9.17) is 11.6 Å². The molecule has 4 aromatic rings. The van der Waals surface area contributed by atoms with Gasteiger partial charge < -0.3 is 10.6 Å². The SMILES string of the molecule is Cc1cn(-c2nc(Nc3c[nH]nc3C3CCNCC3)ncc2Cl)c2ccc([N+](=O)[O-])cc12. The molecular formula is C21H21ClN8O2. The van der Waals surface area contributed by atoms with Gasteiger partial charge in [0.15, 0.2) is 5.82 Å².